The third kappa shape index (κ3) is 31.2. The van der Waals surface area contributed by atoms with Crippen LogP contribution in [0.25, 0.3) is 0 Å². The summed E-state index contributed by atoms with van der Waals surface area (Å²) >= 11 is 0. The van der Waals surface area contributed by atoms with Gasteiger partial charge in [-0.1, -0.05) is 125 Å². The molecule has 378 valence electrons. The van der Waals surface area contributed by atoms with Gasteiger partial charge in [-0.15, -0.1) is 0 Å². The van der Waals surface area contributed by atoms with Gasteiger partial charge in [0.25, 0.3) is 0 Å². The van der Waals surface area contributed by atoms with Crippen LogP contribution >= 0.6 is 15.6 Å². The lowest BCUT2D eigenvalue weighted by Gasteiger charge is -2.43. The molecule has 1 aliphatic carbocycles. The number of phosphoric acid groups is 2. The molecule has 1 saturated carbocycles. The Hall–Kier alpha value is -2.86. The minimum absolute atomic E-state index is 0.00213. The van der Waals surface area contributed by atoms with Gasteiger partial charge in [-0.05, 0) is 83.5 Å². The van der Waals surface area contributed by atoms with Gasteiger partial charge in [-0.3, -0.25) is 23.2 Å². The van der Waals surface area contributed by atoms with Gasteiger partial charge in [-0.2, -0.15) is 0 Å². The molecule has 0 amide bonds. The number of allylic oxidation sites excluding steroid dienone is 12. The summed E-state index contributed by atoms with van der Waals surface area (Å²) in [4.78, 5) is 54.2. The number of carbonyl (C=O) groups excluding carboxylic acids is 2. The summed E-state index contributed by atoms with van der Waals surface area (Å²) in [7, 11) is -10.7. The van der Waals surface area contributed by atoms with Crippen LogP contribution in [-0.4, -0.2) is 114 Å². The molecule has 1 aliphatic rings. The Morgan fingerprint density at radius 1 is 0.561 bits per heavy atom. The van der Waals surface area contributed by atoms with Crippen molar-refractivity contribution in [3.63, 3.8) is 0 Å². The standard InChI is InChI=1S/C47H78O17P2/c1-3-5-7-9-11-12-13-14-15-16-17-18-22-27-31-35-41(50)62-39(37-61-66(58,59)64-47-44(53)42(51)43(52)46(45(47)54)63-65(55,56)57)36-60-40(49)34-30-26-23-19-21-25-29-33-38(48)32-28-24-20-10-8-6-4-2/h11-12,14-15,17-20,23-25,28-29,32,38-39,42-48,51-54H,3-10,13,16,21-22,26-27,30-31,33-37H2,1-2H3,(H,58,59)(H2,55,56,57)/b12-11-,15-14-,18-17-,23-19+,24-20-,29-25-,32-28-/t38-,39-,42?,43?,44?,45?,46-,47+/m1/s1. The van der Waals surface area contributed by atoms with Crippen LogP contribution in [0, 0.1) is 0 Å². The third-order valence-electron chi connectivity index (χ3n) is 10.0. The highest BCUT2D eigenvalue weighted by atomic mass is 31.2. The van der Waals surface area contributed by atoms with Crippen LogP contribution in [-0.2, 0) is 41.8 Å². The molecule has 0 radical (unpaired) electrons. The van der Waals surface area contributed by atoms with Gasteiger partial charge in [-0.25, -0.2) is 9.13 Å². The summed E-state index contributed by atoms with van der Waals surface area (Å²) < 4.78 is 49.2. The molecule has 0 aromatic heterocycles. The fraction of sp³-hybridized carbons (Fsp3) is 0.660. The molecule has 9 atom stereocenters. The summed E-state index contributed by atoms with van der Waals surface area (Å²) in [6.07, 6.45) is 27.1. The van der Waals surface area contributed by atoms with Crippen LogP contribution in [0.4, 0.5) is 0 Å². The molecule has 66 heavy (non-hydrogen) atoms. The van der Waals surface area contributed by atoms with Crippen molar-refractivity contribution in [2.45, 2.75) is 185 Å². The summed E-state index contributed by atoms with van der Waals surface area (Å²) in [6.45, 7) is 2.88. The van der Waals surface area contributed by atoms with Crippen molar-refractivity contribution in [1.82, 2.24) is 0 Å². The normalized spacial score (nSPS) is 22.8. The number of aliphatic hydroxyl groups is 5. The van der Waals surface area contributed by atoms with Crippen LogP contribution in [0.5, 0.6) is 0 Å². The molecule has 0 heterocycles. The van der Waals surface area contributed by atoms with Crippen molar-refractivity contribution in [2.24, 2.45) is 0 Å². The Morgan fingerprint density at radius 2 is 1.06 bits per heavy atom. The lowest BCUT2D eigenvalue weighted by molar-refractivity contribution is -0.216. The first-order valence-corrected chi connectivity index (χ1v) is 26.3. The van der Waals surface area contributed by atoms with Gasteiger partial charge in [0, 0.05) is 12.8 Å². The highest BCUT2D eigenvalue weighted by Crippen LogP contribution is 2.49. The zero-order chi connectivity index (χ0) is 49.1. The Bertz CT molecular complexity index is 1620. The second kappa shape index (κ2) is 37.1. The molecular formula is C47H78O17P2. The SMILES string of the molecule is CCCCC/C=C\C=C/[C@@H](O)C/C=C\C/C=C/CCCC(=O)OC[C@H](COP(=O)(O)O[C@H]1C(O)C(O)C(O)[C@@H](OP(=O)(O)O)C1O)OC(=O)CCCC/C=C\C/C=C\C/C=C\CCCCC. The largest absolute Gasteiger partial charge is 0.472 e. The summed E-state index contributed by atoms with van der Waals surface area (Å²) in [5.41, 5.74) is 0. The van der Waals surface area contributed by atoms with Crippen molar-refractivity contribution in [3.05, 3.63) is 85.1 Å². The van der Waals surface area contributed by atoms with Crippen molar-refractivity contribution in [1.29, 1.82) is 0 Å². The molecule has 0 spiro atoms. The first-order valence-electron chi connectivity index (χ1n) is 23.2. The molecule has 1 rings (SSSR count). The Balaban J connectivity index is 2.70. The van der Waals surface area contributed by atoms with Crippen molar-refractivity contribution in [2.75, 3.05) is 13.2 Å². The van der Waals surface area contributed by atoms with E-state index < -0.39 is 89.6 Å². The number of carbonyl (C=O) groups is 2. The number of esters is 2. The van der Waals surface area contributed by atoms with E-state index in [9.17, 15) is 49.1 Å². The fourth-order valence-electron chi connectivity index (χ4n) is 6.34. The molecule has 17 nitrogen and oxygen atoms in total. The Labute approximate surface area is 391 Å². The van der Waals surface area contributed by atoms with E-state index in [2.05, 4.69) is 48.8 Å². The van der Waals surface area contributed by atoms with Crippen LogP contribution in [0.15, 0.2) is 85.1 Å². The van der Waals surface area contributed by atoms with Gasteiger partial charge in [0.15, 0.2) is 6.10 Å². The molecule has 0 saturated heterocycles. The van der Waals surface area contributed by atoms with E-state index in [1.54, 1.807) is 6.08 Å². The van der Waals surface area contributed by atoms with Gasteiger partial charge >= 0.3 is 27.6 Å². The van der Waals surface area contributed by atoms with Gasteiger partial charge in [0.05, 0.1) is 12.7 Å². The summed E-state index contributed by atoms with van der Waals surface area (Å²) in [5.74, 6) is -1.37. The number of ether oxygens (including phenoxy) is 2. The van der Waals surface area contributed by atoms with Crippen molar-refractivity contribution >= 4 is 27.6 Å². The van der Waals surface area contributed by atoms with E-state index in [0.29, 0.717) is 44.9 Å². The maximum Gasteiger partial charge on any atom is 0.472 e. The van der Waals surface area contributed by atoms with Gasteiger partial charge in [0.2, 0.25) is 0 Å². The fourth-order valence-corrected chi connectivity index (χ4v) is 7.88. The highest BCUT2D eigenvalue weighted by Gasteiger charge is 2.54. The highest BCUT2D eigenvalue weighted by molar-refractivity contribution is 7.47. The van der Waals surface area contributed by atoms with Crippen molar-refractivity contribution in [3.8, 4) is 0 Å². The number of hydrogen-bond acceptors (Lipinski definition) is 14. The summed E-state index contributed by atoms with van der Waals surface area (Å²) in [5, 5.41) is 51.3. The van der Waals surface area contributed by atoms with E-state index >= 15 is 0 Å². The molecule has 0 aliphatic heterocycles. The lowest BCUT2D eigenvalue weighted by Crippen LogP contribution is -2.64. The second-order valence-corrected chi connectivity index (χ2v) is 18.6. The Kier molecular flexibility index (Phi) is 34.4. The van der Waals surface area contributed by atoms with Gasteiger partial charge in [0.1, 0.15) is 43.2 Å². The minimum Gasteiger partial charge on any atom is -0.462 e. The smallest absolute Gasteiger partial charge is 0.462 e. The molecule has 1 fully saturated rings. The topological polar surface area (TPSA) is 276 Å². The monoisotopic (exact) mass is 976 g/mol. The van der Waals surface area contributed by atoms with Crippen molar-refractivity contribution < 1.29 is 82.0 Å². The first kappa shape index (κ1) is 61.2. The number of unbranched alkanes of at least 4 members (excludes halogenated alkanes) is 9. The molecule has 19 heteroatoms. The maximum atomic E-state index is 13.0. The quantitative estimate of drug-likeness (QED) is 0.00979. The number of aliphatic hydroxyl groups excluding tert-OH is 5. The maximum absolute atomic E-state index is 13.0. The molecule has 8 N–H and O–H groups in total. The van der Waals surface area contributed by atoms with Crippen LogP contribution in [0.3, 0.4) is 0 Å². The van der Waals surface area contributed by atoms with E-state index in [-0.39, 0.29) is 12.8 Å². The third-order valence-corrected chi connectivity index (χ3v) is 11.5. The average molecular weight is 977 g/mol. The number of rotatable bonds is 37. The molecular weight excluding hydrogens is 898 g/mol. The predicted octanol–water partition coefficient (Wildman–Crippen LogP) is 7.58. The zero-order valence-electron chi connectivity index (χ0n) is 38.7. The van der Waals surface area contributed by atoms with Crippen LogP contribution < -0.4 is 0 Å². The molecule has 0 aromatic rings. The predicted molar refractivity (Wildman–Crippen MR) is 251 cm³/mol. The molecule has 5 unspecified atom stereocenters. The van der Waals surface area contributed by atoms with E-state index in [0.717, 1.165) is 32.1 Å². The molecule has 0 bridgehead atoms. The minimum atomic E-state index is -5.38. The molecule has 0 aromatic carbocycles. The first-order chi connectivity index (χ1) is 31.5. The number of hydrogen-bond donors (Lipinski definition) is 8. The van der Waals surface area contributed by atoms with Gasteiger partial charge < -0.3 is 49.7 Å². The van der Waals surface area contributed by atoms with E-state index in [1.807, 2.05) is 48.6 Å². The zero-order valence-corrected chi connectivity index (χ0v) is 40.5. The number of phosphoric ester groups is 2. The van der Waals surface area contributed by atoms with Crippen LogP contribution in [0.1, 0.15) is 136 Å². The van der Waals surface area contributed by atoms with Crippen LogP contribution in [0.2, 0.25) is 0 Å². The van der Waals surface area contributed by atoms with E-state index in [1.165, 1.54) is 32.1 Å². The summed E-state index contributed by atoms with van der Waals surface area (Å²) in [6, 6.07) is 0. The average Bonchev–Trinajstić information content (AvgIpc) is 3.27. The second-order valence-electron chi connectivity index (χ2n) is 16.0. The lowest BCUT2D eigenvalue weighted by atomic mass is 9.85. The van der Waals surface area contributed by atoms with E-state index in [4.69, 9.17) is 28.3 Å². The Morgan fingerprint density at radius 3 is 1.64 bits per heavy atom.